The van der Waals surface area contributed by atoms with Crippen LogP contribution >= 0.6 is 7.60 Å². The summed E-state index contributed by atoms with van der Waals surface area (Å²) in [6.07, 6.45) is 0. The smallest absolute Gasteiger partial charge is 0.288 e. The highest BCUT2D eigenvalue weighted by atomic mass is 32.2. The van der Waals surface area contributed by atoms with E-state index in [0.717, 1.165) is 6.66 Å². The zero-order chi connectivity index (χ0) is 8.20. The predicted octanol–water partition coefficient (Wildman–Crippen LogP) is 1.70. The monoisotopic (exact) mass is 189 g/mol. The molecule has 0 aromatic rings. The number of rotatable bonds is 3. The fraction of sp³-hybridized carbons (Fsp3) is 1.00. The second kappa shape index (κ2) is 4.18. The van der Waals surface area contributed by atoms with Gasteiger partial charge in [-0.1, -0.05) is 0 Å². The number of nitrogens with zero attached hydrogens (tertiary/aromatic N) is 1. The van der Waals surface area contributed by atoms with E-state index in [1.54, 1.807) is 0 Å². The zero-order valence-electron chi connectivity index (χ0n) is 5.91. The summed E-state index contributed by atoms with van der Waals surface area (Å²) in [5, 5.41) is 0. The van der Waals surface area contributed by atoms with Crippen LogP contribution in [0.15, 0.2) is 4.13 Å². The lowest BCUT2D eigenvalue weighted by Crippen LogP contribution is -1.92. The molecule has 0 bridgehead atoms. The summed E-state index contributed by atoms with van der Waals surface area (Å²) in [4.78, 5) is 0. The summed E-state index contributed by atoms with van der Waals surface area (Å²) in [5.41, 5.74) is 0. The molecule has 0 spiro atoms. The molecule has 1 unspecified atom stereocenters. The highest BCUT2D eigenvalue weighted by Crippen LogP contribution is 2.45. The SMILES string of the molecule is COS(=NP(C)(=O)F)OC. The summed E-state index contributed by atoms with van der Waals surface area (Å²) < 4.78 is 34.7. The largest absolute Gasteiger partial charge is 0.357 e. The van der Waals surface area contributed by atoms with Gasteiger partial charge in [-0.15, -0.1) is 4.13 Å². The molecule has 0 rings (SSSR count). The highest BCUT2D eigenvalue weighted by molar-refractivity contribution is 7.82. The third kappa shape index (κ3) is 5.05. The van der Waals surface area contributed by atoms with Crippen molar-refractivity contribution in [2.45, 2.75) is 0 Å². The lowest BCUT2D eigenvalue weighted by molar-refractivity contribution is 0.368. The van der Waals surface area contributed by atoms with Crippen molar-refractivity contribution < 1.29 is 17.1 Å². The van der Waals surface area contributed by atoms with Crippen LogP contribution in [0.1, 0.15) is 0 Å². The van der Waals surface area contributed by atoms with Gasteiger partial charge in [-0.3, -0.25) is 12.9 Å². The van der Waals surface area contributed by atoms with Crippen molar-refractivity contribution in [1.29, 1.82) is 0 Å². The van der Waals surface area contributed by atoms with Crippen LogP contribution in [0.2, 0.25) is 0 Å². The maximum Gasteiger partial charge on any atom is 0.357 e. The van der Waals surface area contributed by atoms with Crippen molar-refractivity contribution in [1.82, 2.24) is 0 Å². The topological polar surface area (TPSA) is 47.9 Å². The molecule has 0 amide bonds. The summed E-state index contributed by atoms with van der Waals surface area (Å²) >= 11 is -1.32. The van der Waals surface area contributed by atoms with E-state index in [4.69, 9.17) is 0 Å². The van der Waals surface area contributed by atoms with Crippen LogP contribution in [0.25, 0.3) is 0 Å². The number of hydrogen-bond donors (Lipinski definition) is 0. The third-order valence-corrected chi connectivity index (χ3v) is 2.77. The Morgan fingerprint density at radius 1 is 1.50 bits per heavy atom. The molecule has 0 aromatic carbocycles. The maximum absolute atomic E-state index is 12.2. The van der Waals surface area contributed by atoms with Crippen molar-refractivity contribution >= 4 is 18.9 Å². The van der Waals surface area contributed by atoms with Crippen LogP contribution in [0, 0.1) is 0 Å². The van der Waals surface area contributed by atoms with E-state index in [-0.39, 0.29) is 0 Å². The minimum Gasteiger partial charge on any atom is -0.288 e. The maximum atomic E-state index is 12.2. The Bertz CT molecular complexity index is 173. The van der Waals surface area contributed by atoms with E-state index in [0.29, 0.717) is 0 Å². The van der Waals surface area contributed by atoms with Gasteiger partial charge in [0, 0.05) is 6.66 Å². The second-order valence-electron chi connectivity index (χ2n) is 1.41. The van der Waals surface area contributed by atoms with Crippen LogP contribution in [0.4, 0.5) is 4.20 Å². The lowest BCUT2D eigenvalue weighted by atomic mass is 11.8. The average molecular weight is 189 g/mol. The molecule has 62 valence electrons. The Labute approximate surface area is 61.8 Å². The summed E-state index contributed by atoms with van der Waals surface area (Å²) in [6, 6.07) is 0. The zero-order valence-corrected chi connectivity index (χ0v) is 7.62. The Kier molecular flexibility index (Phi) is 4.28. The molecular formula is C3H9FNO3PS. The van der Waals surface area contributed by atoms with E-state index in [1.807, 2.05) is 0 Å². The van der Waals surface area contributed by atoms with Gasteiger partial charge in [-0.25, -0.2) is 0 Å². The van der Waals surface area contributed by atoms with Crippen molar-refractivity contribution in [3.63, 3.8) is 0 Å². The van der Waals surface area contributed by atoms with Crippen LogP contribution < -0.4 is 0 Å². The van der Waals surface area contributed by atoms with Crippen LogP contribution in [-0.2, 0) is 24.2 Å². The first-order valence-corrected chi connectivity index (χ1v) is 5.36. The van der Waals surface area contributed by atoms with Crippen molar-refractivity contribution in [3.8, 4) is 0 Å². The Morgan fingerprint density at radius 3 is 2.00 bits per heavy atom. The van der Waals surface area contributed by atoms with Gasteiger partial charge >= 0.3 is 7.60 Å². The minimum atomic E-state index is -3.87. The van der Waals surface area contributed by atoms with Gasteiger partial charge < -0.3 is 0 Å². The highest BCUT2D eigenvalue weighted by Gasteiger charge is 2.11. The quantitative estimate of drug-likeness (QED) is 0.635. The van der Waals surface area contributed by atoms with E-state index in [1.165, 1.54) is 14.2 Å². The molecule has 7 heteroatoms. The fourth-order valence-corrected chi connectivity index (χ4v) is 1.88. The molecule has 0 heterocycles. The third-order valence-electron chi connectivity index (χ3n) is 0.498. The van der Waals surface area contributed by atoms with Gasteiger partial charge in [-0.2, -0.15) is 4.20 Å². The standard InChI is InChI=1S/C3H9FNO3PS/c1-7-10(8-2)5-9(3,4)6/h1-3H3. The Hall–Kier alpha value is 0.230. The van der Waals surface area contributed by atoms with Crippen LogP contribution in [0.5, 0.6) is 0 Å². The second-order valence-corrected chi connectivity index (χ2v) is 4.72. The molecule has 0 aliphatic carbocycles. The minimum absolute atomic E-state index is 0.894. The molecule has 1 atom stereocenters. The van der Waals surface area contributed by atoms with Crippen molar-refractivity contribution in [2.24, 2.45) is 4.13 Å². The first kappa shape index (κ1) is 10.2. The van der Waals surface area contributed by atoms with E-state index in [9.17, 15) is 8.76 Å². The number of hydrogen-bond acceptors (Lipinski definition) is 3. The van der Waals surface area contributed by atoms with E-state index >= 15 is 0 Å². The van der Waals surface area contributed by atoms with Gasteiger partial charge in [0.25, 0.3) is 0 Å². The molecular weight excluding hydrogens is 180 g/mol. The molecule has 0 aliphatic heterocycles. The summed E-state index contributed by atoms with van der Waals surface area (Å²) in [7, 11) is -1.27. The molecule has 4 nitrogen and oxygen atoms in total. The molecule has 0 fully saturated rings. The summed E-state index contributed by atoms with van der Waals surface area (Å²) in [6.45, 7) is 0.894. The normalized spacial score (nSPS) is 16.9. The van der Waals surface area contributed by atoms with E-state index in [2.05, 4.69) is 12.5 Å². The van der Waals surface area contributed by atoms with Gasteiger partial charge in [0.2, 0.25) is 0 Å². The fourth-order valence-electron chi connectivity index (χ4n) is 0.254. The first-order valence-electron chi connectivity index (χ1n) is 2.33. The van der Waals surface area contributed by atoms with Gasteiger partial charge in [0.05, 0.1) is 14.2 Å². The Balaban J connectivity index is 4.26. The van der Waals surface area contributed by atoms with Crippen LogP contribution in [-0.4, -0.2) is 20.9 Å². The molecule has 0 N–H and O–H groups in total. The summed E-state index contributed by atoms with van der Waals surface area (Å²) in [5.74, 6) is 0. The molecule has 0 saturated heterocycles. The van der Waals surface area contributed by atoms with Crippen LogP contribution in [0.3, 0.4) is 0 Å². The van der Waals surface area contributed by atoms with Crippen molar-refractivity contribution in [2.75, 3.05) is 20.9 Å². The predicted molar refractivity (Wildman–Crippen MR) is 38.4 cm³/mol. The average Bonchev–Trinajstić information content (AvgIpc) is 1.81. The first-order chi connectivity index (χ1) is 4.49. The lowest BCUT2D eigenvalue weighted by Gasteiger charge is -2.00. The van der Waals surface area contributed by atoms with E-state index < -0.39 is 18.9 Å². The molecule has 10 heavy (non-hydrogen) atoms. The van der Waals surface area contributed by atoms with Gasteiger partial charge in [0.1, 0.15) is 0 Å². The molecule has 0 aromatic heterocycles. The number of halogens is 1. The van der Waals surface area contributed by atoms with Gasteiger partial charge in [-0.05, 0) is 0 Å². The molecule has 0 radical (unpaired) electrons. The Morgan fingerprint density at radius 2 is 1.90 bits per heavy atom. The molecule has 0 aliphatic rings. The van der Waals surface area contributed by atoms with Crippen molar-refractivity contribution in [3.05, 3.63) is 0 Å². The molecule has 0 saturated carbocycles. The van der Waals surface area contributed by atoms with Gasteiger partial charge in [0.15, 0.2) is 11.3 Å².